The first kappa shape index (κ1) is 13.0. The number of nitrogen functional groups attached to an aromatic ring is 1. The number of hydrogen-bond acceptors (Lipinski definition) is 2. The molecule has 0 fully saturated rings. The average molecular weight is 255 g/mol. The first-order valence-electron chi connectivity index (χ1n) is 6.20. The number of aryl methyl sites for hydroxylation is 1. The van der Waals surface area contributed by atoms with E-state index < -0.39 is 0 Å². The van der Waals surface area contributed by atoms with Crippen LogP contribution in [-0.2, 0) is 6.42 Å². The van der Waals surface area contributed by atoms with Crippen molar-refractivity contribution >= 4 is 23.1 Å². The summed E-state index contributed by atoms with van der Waals surface area (Å²) in [7, 11) is 0. The first-order valence-corrected chi connectivity index (χ1v) is 6.20. The van der Waals surface area contributed by atoms with Crippen LogP contribution in [0, 0.1) is 0 Å². The topological polar surface area (TPSA) is 67.2 Å². The maximum atomic E-state index is 11.9. The number of nitrogens with one attached hydrogen (secondary N) is 2. The molecule has 2 aromatic rings. The van der Waals surface area contributed by atoms with Crippen molar-refractivity contribution in [3.63, 3.8) is 0 Å². The normalized spacial score (nSPS) is 9.95. The number of carbonyl (C=O) groups excluding carboxylic acids is 1. The van der Waals surface area contributed by atoms with Gasteiger partial charge in [0.05, 0.1) is 0 Å². The molecule has 0 bridgehead atoms. The molecule has 4 N–H and O–H groups in total. The van der Waals surface area contributed by atoms with Crippen LogP contribution in [-0.4, -0.2) is 6.03 Å². The zero-order chi connectivity index (χ0) is 13.7. The molecule has 98 valence electrons. The number of urea groups is 1. The molecule has 0 spiro atoms. The molecule has 0 radical (unpaired) electrons. The molecule has 0 heterocycles. The predicted molar refractivity (Wildman–Crippen MR) is 79.3 cm³/mol. The summed E-state index contributed by atoms with van der Waals surface area (Å²) in [4.78, 5) is 11.9. The fraction of sp³-hybridized carbons (Fsp3) is 0.133. The summed E-state index contributed by atoms with van der Waals surface area (Å²) in [5.41, 5.74) is 8.91. The van der Waals surface area contributed by atoms with Gasteiger partial charge in [0.15, 0.2) is 0 Å². The van der Waals surface area contributed by atoms with Gasteiger partial charge in [0, 0.05) is 17.1 Å². The van der Waals surface area contributed by atoms with Gasteiger partial charge in [-0.2, -0.15) is 0 Å². The van der Waals surface area contributed by atoms with E-state index >= 15 is 0 Å². The van der Waals surface area contributed by atoms with Crippen molar-refractivity contribution in [2.24, 2.45) is 0 Å². The zero-order valence-corrected chi connectivity index (χ0v) is 10.8. The number of amides is 2. The molecule has 0 atom stereocenters. The Bertz CT molecular complexity index is 564. The van der Waals surface area contributed by atoms with E-state index in [9.17, 15) is 4.79 Å². The lowest BCUT2D eigenvalue weighted by atomic mass is 10.1. The maximum Gasteiger partial charge on any atom is 0.323 e. The second-order valence-corrected chi connectivity index (χ2v) is 4.21. The summed E-state index contributed by atoms with van der Waals surface area (Å²) >= 11 is 0. The standard InChI is InChI=1S/C15H17N3O/c1-2-11-5-3-4-6-14(11)18-15(19)17-13-9-7-12(16)8-10-13/h3-10H,2,16H2,1H3,(H2,17,18,19). The number of para-hydroxylation sites is 1. The van der Waals surface area contributed by atoms with Crippen LogP contribution in [0.25, 0.3) is 0 Å². The van der Waals surface area contributed by atoms with E-state index in [1.165, 1.54) is 0 Å². The van der Waals surface area contributed by atoms with Crippen molar-refractivity contribution < 1.29 is 4.79 Å². The van der Waals surface area contributed by atoms with E-state index in [4.69, 9.17) is 5.73 Å². The summed E-state index contributed by atoms with van der Waals surface area (Å²) in [6, 6.07) is 14.5. The second-order valence-electron chi connectivity index (χ2n) is 4.21. The quantitative estimate of drug-likeness (QED) is 0.735. The van der Waals surface area contributed by atoms with Gasteiger partial charge < -0.3 is 16.4 Å². The van der Waals surface area contributed by atoms with Crippen molar-refractivity contribution in [3.05, 3.63) is 54.1 Å². The highest BCUT2D eigenvalue weighted by molar-refractivity contribution is 6.00. The first-order chi connectivity index (χ1) is 9.19. The fourth-order valence-corrected chi connectivity index (χ4v) is 1.80. The second kappa shape index (κ2) is 5.91. The Balaban J connectivity index is 2.03. The number of benzene rings is 2. The molecule has 19 heavy (non-hydrogen) atoms. The van der Waals surface area contributed by atoms with Gasteiger partial charge in [-0.05, 0) is 42.3 Å². The molecule has 0 aliphatic heterocycles. The molecule has 0 aromatic heterocycles. The van der Waals surface area contributed by atoms with E-state index in [1.54, 1.807) is 24.3 Å². The molecule has 2 rings (SSSR count). The SMILES string of the molecule is CCc1ccccc1NC(=O)Nc1ccc(N)cc1. The van der Waals surface area contributed by atoms with Crippen LogP contribution in [0.15, 0.2) is 48.5 Å². The highest BCUT2D eigenvalue weighted by Crippen LogP contribution is 2.16. The molecule has 2 aromatic carbocycles. The zero-order valence-electron chi connectivity index (χ0n) is 10.8. The van der Waals surface area contributed by atoms with Gasteiger partial charge in [-0.25, -0.2) is 4.79 Å². The van der Waals surface area contributed by atoms with Crippen LogP contribution in [0.1, 0.15) is 12.5 Å². The molecule has 0 unspecified atom stereocenters. The van der Waals surface area contributed by atoms with Crippen molar-refractivity contribution in [1.82, 2.24) is 0 Å². The van der Waals surface area contributed by atoms with Crippen LogP contribution < -0.4 is 16.4 Å². The van der Waals surface area contributed by atoms with Crippen LogP contribution in [0.3, 0.4) is 0 Å². The van der Waals surface area contributed by atoms with Crippen molar-refractivity contribution in [2.45, 2.75) is 13.3 Å². The summed E-state index contributed by atoms with van der Waals surface area (Å²) in [5, 5.41) is 5.61. The molecule has 0 saturated carbocycles. The Kier molecular flexibility index (Phi) is 4.03. The monoisotopic (exact) mass is 255 g/mol. The molecule has 0 aliphatic carbocycles. The summed E-state index contributed by atoms with van der Waals surface area (Å²) in [6.45, 7) is 2.05. The van der Waals surface area contributed by atoms with Crippen molar-refractivity contribution in [3.8, 4) is 0 Å². The lowest BCUT2D eigenvalue weighted by Gasteiger charge is -2.11. The van der Waals surface area contributed by atoms with Crippen LogP contribution in [0.2, 0.25) is 0 Å². The van der Waals surface area contributed by atoms with Gasteiger partial charge in [-0.1, -0.05) is 25.1 Å². The fourth-order valence-electron chi connectivity index (χ4n) is 1.80. The minimum atomic E-state index is -0.259. The molecular weight excluding hydrogens is 238 g/mol. The lowest BCUT2D eigenvalue weighted by Crippen LogP contribution is -2.20. The highest BCUT2D eigenvalue weighted by atomic mass is 16.2. The lowest BCUT2D eigenvalue weighted by molar-refractivity contribution is 0.262. The number of carbonyl (C=O) groups is 1. The number of rotatable bonds is 3. The van der Waals surface area contributed by atoms with Gasteiger partial charge in [0.2, 0.25) is 0 Å². The maximum absolute atomic E-state index is 11.9. The molecule has 4 heteroatoms. The van der Waals surface area contributed by atoms with Gasteiger partial charge in [-0.15, -0.1) is 0 Å². The van der Waals surface area contributed by atoms with Gasteiger partial charge >= 0.3 is 6.03 Å². The highest BCUT2D eigenvalue weighted by Gasteiger charge is 2.05. The van der Waals surface area contributed by atoms with E-state index in [0.717, 1.165) is 17.7 Å². The third kappa shape index (κ3) is 3.48. The Hall–Kier alpha value is -2.49. The molecule has 0 aliphatic rings. The number of hydrogen-bond donors (Lipinski definition) is 3. The van der Waals surface area contributed by atoms with Gasteiger partial charge in [0.25, 0.3) is 0 Å². The van der Waals surface area contributed by atoms with Crippen molar-refractivity contribution in [2.75, 3.05) is 16.4 Å². The third-order valence-corrected chi connectivity index (χ3v) is 2.82. The summed E-state index contributed by atoms with van der Waals surface area (Å²) < 4.78 is 0. The number of nitrogens with two attached hydrogens (primary N) is 1. The van der Waals surface area contributed by atoms with E-state index in [0.29, 0.717) is 11.4 Å². The summed E-state index contributed by atoms with van der Waals surface area (Å²) in [6.07, 6.45) is 0.873. The third-order valence-electron chi connectivity index (χ3n) is 2.82. The number of anilines is 3. The molecule has 0 saturated heterocycles. The van der Waals surface area contributed by atoms with Gasteiger partial charge in [0.1, 0.15) is 0 Å². The summed E-state index contributed by atoms with van der Waals surface area (Å²) in [5.74, 6) is 0. The van der Waals surface area contributed by atoms with E-state index in [1.807, 2.05) is 24.3 Å². The smallest absolute Gasteiger partial charge is 0.323 e. The Morgan fingerprint density at radius 2 is 1.74 bits per heavy atom. The van der Waals surface area contributed by atoms with Gasteiger partial charge in [-0.3, -0.25) is 0 Å². The van der Waals surface area contributed by atoms with Crippen LogP contribution >= 0.6 is 0 Å². The van der Waals surface area contributed by atoms with Crippen LogP contribution in [0.4, 0.5) is 21.9 Å². The van der Waals surface area contributed by atoms with E-state index in [2.05, 4.69) is 17.6 Å². The average Bonchev–Trinajstić information content (AvgIpc) is 2.42. The molecular formula is C15H17N3O. The molecule has 4 nitrogen and oxygen atoms in total. The van der Waals surface area contributed by atoms with E-state index in [-0.39, 0.29) is 6.03 Å². The van der Waals surface area contributed by atoms with Crippen LogP contribution in [0.5, 0.6) is 0 Å². The largest absolute Gasteiger partial charge is 0.399 e. The minimum Gasteiger partial charge on any atom is -0.399 e. The Morgan fingerprint density at radius 3 is 2.42 bits per heavy atom. The predicted octanol–water partition coefficient (Wildman–Crippen LogP) is 3.48. The van der Waals surface area contributed by atoms with Crippen molar-refractivity contribution in [1.29, 1.82) is 0 Å². The minimum absolute atomic E-state index is 0.259. The Labute approximate surface area is 112 Å². The Morgan fingerprint density at radius 1 is 1.05 bits per heavy atom. The molecule has 2 amide bonds.